The van der Waals surface area contributed by atoms with E-state index >= 15 is 0 Å². The number of pyridine rings is 1. The number of H-pyrrole nitrogens is 1. The van der Waals surface area contributed by atoms with E-state index in [0.29, 0.717) is 27.8 Å². The fraction of sp³-hybridized carbons (Fsp3) is 0.231. The molecule has 1 saturated carbocycles. The lowest BCUT2D eigenvalue weighted by atomic mass is 10.1. The summed E-state index contributed by atoms with van der Waals surface area (Å²) in [6.45, 7) is 1.62. The Hall–Kier alpha value is -3.78. The Kier molecular flexibility index (Phi) is 6.92. The molecule has 0 radical (unpaired) electrons. The summed E-state index contributed by atoms with van der Waals surface area (Å²) < 4.78 is 17.9. The lowest BCUT2D eigenvalue weighted by Crippen LogP contribution is -2.40. The molecule has 2 aromatic heterocycles. The molecule has 4 N–H and O–H groups in total. The van der Waals surface area contributed by atoms with E-state index in [-0.39, 0.29) is 46.5 Å². The largest absolute Gasteiger partial charge is 0.339 e. The van der Waals surface area contributed by atoms with Gasteiger partial charge in [0.2, 0.25) is 5.91 Å². The van der Waals surface area contributed by atoms with Crippen LogP contribution in [0.2, 0.25) is 0 Å². The minimum absolute atomic E-state index is 0.0117. The smallest absolute Gasteiger partial charge is 0.336 e. The Morgan fingerprint density at radius 3 is 2.61 bits per heavy atom. The molecule has 2 heterocycles. The predicted octanol–water partition coefficient (Wildman–Crippen LogP) is 3.13. The van der Waals surface area contributed by atoms with Gasteiger partial charge in [0.15, 0.2) is 0 Å². The van der Waals surface area contributed by atoms with E-state index in [1.165, 1.54) is 28.2 Å². The number of nitrogens with zero attached hydrogens (tertiary/aromatic N) is 2. The monoisotopic (exact) mass is 630 g/mol. The van der Waals surface area contributed by atoms with Gasteiger partial charge >= 0.3 is 5.69 Å². The normalized spacial score (nSPS) is 13.1. The highest BCUT2D eigenvalue weighted by Crippen LogP contribution is 2.34. The third-order valence-electron chi connectivity index (χ3n) is 6.30. The number of aromatic amines is 1. The molecule has 0 saturated heterocycles. The molecule has 1 aliphatic rings. The zero-order chi connectivity index (χ0) is 27.1. The molecule has 38 heavy (non-hydrogen) atoms. The second kappa shape index (κ2) is 10.2. The van der Waals surface area contributed by atoms with Crippen LogP contribution in [0.4, 0.5) is 21.6 Å². The van der Waals surface area contributed by atoms with Crippen molar-refractivity contribution in [2.75, 3.05) is 24.2 Å². The molecule has 0 spiro atoms. The average molecular weight is 630 g/mol. The summed E-state index contributed by atoms with van der Waals surface area (Å²) in [5, 5.41) is 8.44. The van der Waals surface area contributed by atoms with Crippen LogP contribution in [0.3, 0.4) is 0 Å². The van der Waals surface area contributed by atoms with E-state index in [2.05, 4.69) is 20.9 Å². The van der Waals surface area contributed by atoms with Crippen LogP contribution in [-0.4, -0.2) is 33.6 Å². The van der Waals surface area contributed by atoms with E-state index in [9.17, 15) is 23.6 Å². The highest BCUT2D eigenvalue weighted by atomic mass is 127. The van der Waals surface area contributed by atoms with Gasteiger partial charge in [0.25, 0.3) is 11.1 Å². The summed E-state index contributed by atoms with van der Waals surface area (Å²) in [4.78, 5) is 55.3. The lowest BCUT2D eigenvalue weighted by molar-refractivity contribution is -0.115. The molecule has 12 heteroatoms. The zero-order valence-corrected chi connectivity index (χ0v) is 22.7. The van der Waals surface area contributed by atoms with Gasteiger partial charge < -0.3 is 20.9 Å². The first kappa shape index (κ1) is 25.9. The van der Waals surface area contributed by atoms with Gasteiger partial charge in [-0.25, -0.2) is 9.18 Å². The van der Waals surface area contributed by atoms with Crippen LogP contribution in [0.25, 0.3) is 16.6 Å². The summed E-state index contributed by atoms with van der Waals surface area (Å²) in [6, 6.07) is 10.8. The molecule has 0 aliphatic heterocycles. The first-order valence-electron chi connectivity index (χ1n) is 11.9. The van der Waals surface area contributed by atoms with Gasteiger partial charge in [-0.1, -0.05) is 6.07 Å². The molecule has 196 valence electrons. The number of amides is 1. The van der Waals surface area contributed by atoms with Crippen molar-refractivity contribution in [1.29, 1.82) is 0 Å². The fourth-order valence-corrected chi connectivity index (χ4v) is 4.84. The van der Waals surface area contributed by atoms with E-state index in [4.69, 9.17) is 0 Å². The van der Waals surface area contributed by atoms with Crippen molar-refractivity contribution >= 4 is 56.6 Å². The molecular formula is C26H24FIN6O4. The molecule has 1 aliphatic carbocycles. The Labute approximate surface area is 229 Å². The van der Waals surface area contributed by atoms with E-state index in [1.54, 1.807) is 37.4 Å². The van der Waals surface area contributed by atoms with Gasteiger partial charge in [-0.2, -0.15) is 0 Å². The molecule has 1 amide bonds. The van der Waals surface area contributed by atoms with Crippen molar-refractivity contribution in [2.24, 2.45) is 0 Å². The minimum atomic E-state index is -0.594. The van der Waals surface area contributed by atoms with Gasteiger partial charge in [-0.05, 0) is 85.8 Å². The van der Waals surface area contributed by atoms with E-state index in [1.807, 2.05) is 22.6 Å². The lowest BCUT2D eigenvalue weighted by Gasteiger charge is -2.18. The van der Waals surface area contributed by atoms with Gasteiger partial charge in [0, 0.05) is 20.9 Å². The first-order chi connectivity index (χ1) is 18.2. The van der Waals surface area contributed by atoms with E-state index < -0.39 is 22.6 Å². The second-order valence-corrected chi connectivity index (χ2v) is 10.3. The molecule has 1 fully saturated rings. The number of halogens is 2. The zero-order valence-electron chi connectivity index (χ0n) is 20.5. The summed E-state index contributed by atoms with van der Waals surface area (Å²) in [6.07, 6.45) is 1.33. The van der Waals surface area contributed by atoms with Crippen molar-refractivity contribution in [3.63, 3.8) is 0 Å². The number of anilines is 3. The number of aryl methyl sites for hydroxylation is 1. The van der Waals surface area contributed by atoms with Crippen LogP contribution in [0.5, 0.6) is 0 Å². The van der Waals surface area contributed by atoms with Crippen LogP contribution in [-0.2, 0) is 4.79 Å². The Bertz CT molecular complexity index is 1770. The number of hydrogen-bond donors (Lipinski definition) is 4. The maximum absolute atomic E-state index is 14.7. The third-order valence-corrected chi connectivity index (χ3v) is 6.97. The topological polar surface area (TPSA) is 130 Å². The summed E-state index contributed by atoms with van der Waals surface area (Å²) in [5.74, 6) is -0.849. The quantitative estimate of drug-likeness (QED) is 0.233. The molecule has 0 unspecified atom stereocenters. The predicted molar refractivity (Wildman–Crippen MR) is 152 cm³/mol. The molecule has 2 aromatic carbocycles. The van der Waals surface area contributed by atoms with Gasteiger partial charge in [0.05, 0.1) is 23.4 Å². The van der Waals surface area contributed by atoms with E-state index in [0.717, 1.165) is 0 Å². The Morgan fingerprint density at radius 1 is 1.16 bits per heavy atom. The third kappa shape index (κ3) is 4.76. The van der Waals surface area contributed by atoms with Crippen molar-refractivity contribution < 1.29 is 9.18 Å². The molecule has 0 bridgehead atoms. The fourth-order valence-electron chi connectivity index (χ4n) is 4.38. The van der Waals surface area contributed by atoms with Gasteiger partial charge in [0.1, 0.15) is 17.0 Å². The number of aromatic nitrogens is 3. The molecular weight excluding hydrogens is 606 g/mol. The van der Waals surface area contributed by atoms with Crippen LogP contribution in [0.15, 0.2) is 56.8 Å². The van der Waals surface area contributed by atoms with Crippen LogP contribution < -0.4 is 32.8 Å². The average Bonchev–Trinajstić information content (AvgIpc) is 3.69. The number of hydrogen-bond acceptors (Lipinski definition) is 6. The minimum Gasteiger partial charge on any atom is -0.339 e. The number of carbonyl (C=O) groups is 1. The number of benzene rings is 2. The Morgan fingerprint density at radius 2 is 1.92 bits per heavy atom. The maximum atomic E-state index is 14.7. The van der Waals surface area contributed by atoms with Crippen LogP contribution in [0.1, 0.15) is 24.4 Å². The van der Waals surface area contributed by atoms with Crippen LogP contribution in [0, 0.1) is 16.3 Å². The van der Waals surface area contributed by atoms with Crippen LogP contribution >= 0.6 is 22.6 Å². The van der Waals surface area contributed by atoms with Gasteiger partial charge in [-0.15, -0.1) is 0 Å². The number of fused-ring (bicyclic) bond motifs is 1. The first-order valence-corrected chi connectivity index (χ1v) is 13.0. The molecule has 4 aromatic rings. The van der Waals surface area contributed by atoms with Crippen molar-refractivity contribution in [3.05, 3.63) is 88.6 Å². The molecule has 10 nitrogen and oxygen atoms in total. The standard InChI is InChI=1S/C26H24FIN6O4/c1-13-22-21(23(32-24(13)36)31-19-9-6-14(28)10-18(19)27)25(37)34(16-7-8-16)26(38)33(22)17-5-3-4-15(11-17)30-20(35)12-29-2/h3-6,9-11,16,29H,7-8,12H2,1-2H3,(H,30,35)(H2,31,32,36). The van der Waals surface area contributed by atoms with Crippen molar-refractivity contribution in [1.82, 2.24) is 19.4 Å². The van der Waals surface area contributed by atoms with Crippen molar-refractivity contribution in [2.45, 2.75) is 25.8 Å². The number of nitrogens with one attached hydrogen (secondary N) is 4. The highest BCUT2D eigenvalue weighted by Gasteiger charge is 2.31. The summed E-state index contributed by atoms with van der Waals surface area (Å²) >= 11 is 1.98. The number of likely N-dealkylation sites (N-methyl/N-ethyl adjacent to an activating group) is 1. The maximum Gasteiger partial charge on any atom is 0.336 e. The SMILES string of the molecule is CNCC(=O)Nc1cccc(-n2c(=O)n(C3CC3)c(=O)c3c(Nc4ccc(I)cc4F)[nH]c(=O)c(C)c32)c1. The van der Waals surface area contributed by atoms with Crippen molar-refractivity contribution in [3.8, 4) is 5.69 Å². The highest BCUT2D eigenvalue weighted by molar-refractivity contribution is 14.1. The Balaban J connectivity index is 1.80. The van der Waals surface area contributed by atoms with Gasteiger partial charge in [-0.3, -0.25) is 23.5 Å². The number of rotatable bonds is 7. The second-order valence-electron chi connectivity index (χ2n) is 9.08. The molecule has 0 atom stereocenters. The summed E-state index contributed by atoms with van der Waals surface area (Å²) in [7, 11) is 1.65. The number of carbonyl (C=O) groups excluding carboxylic acids is 1. The summed E-state index contributed by atoms with van der Waals surface area (Å²) in [5.41, 5.74) is -0.593. The molecule has 5 rings (SSSR count).